The van der Waals surface area contributed by atoms with E-state index >= 15 is 0 Å². The first-order chi connectivity index (χ1) is 9.50. The molecule has 1 aromatic carbocycles. The maximum atomic E-state index is 14.0. The van der Waals surface area contributed by atoms with Gasteiger partial charge in [0.15, 0.2) is 5.41 Å². The van der Waals surface area contributed by atoms with Gasteiger partial charge in [0.05, 0.1) is 6.61 Å². The van der Waals surface area contributed by atoms with Gasteiger partial charge in [-0.1, -0.05) is 18.2 Å². The van der Waals surface area contributed by atoms with Crippen molar-refractivity contribution in [1.82, 2.24) is 0 Å². The second kappa shape index (κ2) is 7.00. The first kappa shape index (κ1) is 16.1. The van der Waals surface area contributed by atoms with Crippen LogP contribution in [0.25, 0.3) is 0 Å². The molecule has 0 aliphatic carbocycles. The summed E-state index contributed by atoms with van der Waals surface area (Å²) in [5.74, 6) is -3.22. The monoisotopic (exact) mass is 284 g/mol. The van der Waals surface area contributed by atoms with Crippen LogP contribution >= 0.6 is 0 Å². The van der Waals surface area contributed by atoms with Crippen LogP contribution in [-0.2, 0) is 24.5 Å². The Hall–Kier alpha value is -1.95. The van der Waals surface area contributed by atoms with Crippen molar-refractivity contribution in [3.8, 4) is 0 Å². The molecule has 0 radical (unpaired) electrons. The number of benzene rings is 1. The Kier molecular flexibility index (Phi) is 5.64. The van der Waals surface area contributed by atoms with Crippen LogP contribution in [0.5, 0.6) is 0 Å². The van der Waals surface area contributed by atoms with Gasteiger partial charge in [-0.05, 0) is 13.0 Å². The van der Waals surface area contributed by atoms with Crippen LogP contribution < -0.4 is 0 Å². The first-order valence-electron chi connectivity index (χ1n) is 6.15. The maximum absolute atomic E-state index is 14.0. The highest BCUT2D eigenvalue weighted by Gasteiger charge is 2.50. The Morgan fingerprint density at radius 2 is 2.00 bits per heavy atom. The SMILES string of the molecule is CCOC(=O)C(CCOC)(C(=O)O)c1ccccc1F. The lowest BCUT2D eigenvalue weighted by Gasteiger charge is -2.27. The topological polar surface area (TPSA) is 72.8 Å². The summed E-state index contributed by atoms with van der Waals surface area (Å²) in [5.41, 5.74) is -2.32. The van der Waals surface area contributed by atoms with Crippen molar-refractivity contribution in [1.29, 1.82) is 0 Å². The van der Waals surface area contributed by atoms with E-state index in [2.05, 4.69) is 0 Å². The second-order valence-corrected chi connectivity index (χ2v) is 4.15. The van der Waals surface area contributed by atoms with Gasteiger partial charge in [0.1, 0.15) is 5.82 Å². The predicted octanol–water partition coefficient (Wildman–Crippen LogP) is 1.75. The number of halogens is 1. The van der Waals surface area contributed by atoms with Gasteiger partial charge in [-0.15, -0.1) is 0 Å². The zero-order valence-electron chi connectivity index (χ0n) is 11.4. The number of esters is 1. The predicted molar refractivity (Wildman–Crippen MR) is 68.8 cm³/mol. The standard InChI is InChI=1S/C14H17FO5/c1-3-20-13(18)14(12(16)17,8-9-19-2)10-6-4-5-7-11(10)15/h4-7H,3,8-9H2,1-2H3,(H,16,17). The van der Waals surface area contributed by atoms with E-state index in [0.29, 0.717) is 0 Å². The molecule has 0 heterocycles. The molecule has 0 saturated heterocycles. The zero-order chi connectivity index (χ0) is 15.2. The first-order valence-corrected chi connectivity index (χ1v) is 6.15. The van der Waals surface area contributed by atoms with Gasteiger partial charge < -0.3 is 14.6 Å². The molecule has 1 atom stereocenters. The highest BCUT2D eigenvalue weighted by molar-refractivity contribution is 6.05. The van der Waals surface area contributed by atoms with E-state index in [9.17, 15) is 19.1 Å². The molecule has 1 unspecified atom stereocenters. The van der Waals surface area contributed by atoms with Crippen molar-refractivity contribution in [2.24, 2.45) is 0 Å². The molecule has 0 bridgehead atoms. The minimum Gasteiger partial charge on any atom is -0.480 e. The number of hydrogen-bond donors (Lipinski definition) is 1. The molecule has 1 aromatic rings. The number of carboxylic acid groups (broad SMARTS) is 1. The lowest BCUT2D eigenvalue weighted by molar-refractivity contribution is -0.162. The van der Waals surface area contributed by atoms with E-state index in [1.807, 2.05) is 0 Å². The molecular formula is C14H17FO5. The Morgan fingerprint density at radius 3 is 2.50 bits per heavy atom. The third-order valence-corrected chi connectivity index (χ3v) is 3.00. The largest absolute Gasteiger partial charge is 0.480 e. The van der Waals surface area contributed by atoms with Crippen LogP contribution in [-0.4, -0.2) is 37.4 Å². The lowest BCUT2D eigenvalue weighted by Crippen LogP contribution is -2.46. The molecule has 1 rings (SSSR count). The number of aliphatic carboxylic acids is 1. The van der Waals surface area contributed by atoms with Crippen molar-refractivity contribution < 1.29 is 28.6 Å². The molecule has 0 aliphatic rings. The van der Waals surface area contributed by atoms with Crippen LogP contribution in [0.1, 0.15) is 18.9 Å². The Balaban J connectivity index is 3.40. The van der Waals surface area contributed by atoms with Crippen molar-refractivity contribution >= 4 is 11.9 Å². The van der Waals surface area contributed by atoms with E-state index in [1.54, 1.807) is 6.92 Å². The number of rotatable bonds is 7. The number of carbonyl (C=O) groups excluding carboxylic acids is 1. The number of ether oxygens (including phenoxy) is 2. The van der Waals surface area contributed by atoms with Gasteiger partial charge in [-0.2, -0.15) is 0 Å². The van der Waals surface area contributed by atoms with Gasteiger partial charge in [0.2, 0.25) is 0 Å². The molecule has 0 amide bonds. The van der Waals surface area contributed by atoms with Crippen molar-refractivity contribution in [2.75, 3.05) is 20.3 Å². The van der Waals surface area contributed by atoms with Crippen LogP contribution in [0, 0.1) is 5.82 Å². The molecule has 0 aliphatic heterocycles. The minimum atomic E-state index is -2.10. The summed E-state index contributed by atoms with van der Waals surface area (Å²) in [4.78, 5) is 23.8. The highest BCUT2D eigenvalue weighted by atomic mass is 19.1. The van der Waals surface area contributed by atoms with Crippen molar-refractivity contribution in [3.63, 3.8) is 0 Å². The average molecular weight is 284 g/mol. The fourth-order valence-corrected chi connectivity index (χ4v) is 1.97. The normalized spacial score (nSPS) is 13.6. The van der Waals surface area contributed by atoms with E-state index in [-0.39, 0.29) is 25.2 Å². The molecule has 0 saturated carbocycles. The molecule has 0 fully saturated rings. The summed E-state index contributed by atoms with van der Waals surface area (Å²) >= 11 is 0. The number of methoxy groups -OCH3 is 1. The summed E-state index contributed by atoms with van der Waals surface area (Å²) in [6, 6.07) is 5.28. The summed E-state index contributed by atoms with van der Waals surface area (Å²) in [7, 11) is 1.37. The zero-order valence-corrected chi connectivity index (χ0v) is 11.4. The summed E-state index contributed by atoms with van der Waals surface area (Å²) < 4.78 is 23.6. The molecule has 20 heavy (non-hydrogen) atoms. The highest BCUT2D eigenvalue weighted by Crippen LogP contribution is 2.32. The van der Waals surface area contributed by atoms with E-state index in [0.717, 1.165) is 6.07 Å². The smallest absolute Gasteiger partial charge is 0.328 e. The third-order valence-electron chi connectivity index (χ3n) is 3.00. The van der Waals surface area contributed by atoms with Crippen molar-refractivity contribution in [2.45, 2.75) is 18.8 Å². The van der Waals surface area contributed by atoms with E-state index < -0.39 is 23.2 Å². The maximum Gasteiger partial charge on any atom is 0.328 e. The molecule has 110 valence electrons. The Labute approximate surface area is 116 Å². The molecule has 5 nitrogen and oxygen atoms in total. The quantitative estimate of drug-likeness (QED) is 0.610. The lowest BCUT2D eigenvalue weighted by atomic mass is 9.77. The molecular weight excluding hydrogens is 267 g/mol. The molecule has 6 heteroatoms. The average Bonchev–Trinajstić information content (AvgIpc) is 2.41. The minimum absolute atomic E-state index is 0.00922. The Morgan fingerprint density at radius 1 is 1.35 bits per heavy atom. The number of carbonyl (C=O) groups is 2. The summed E-state index contributed by atoms with van der Waals surface area (Å²) in [6.07, 6.45) is -0.210. The number of carboxylic acids is 1. The Bertz CT molecular complexity index is 488. The fourth-order valence-electron chi connectivity index (χ4n) is 1.97. The molecule has 1 N–H and O–H groups in total. The summed E-state index contributed by atoms with van der Waals surface area (Å²) in [6.45, 7) is 1.55. The van der Waals surface area contributed by atoms with Crippen LogP contribution in [0.2, 0.25) is 0 Å². The van der Waals surface area contributed by atoms with Gasteiger partial charge in [0.25, 0.3) is 0 Å². The van der Waals surface area contributed by atoms with Crippen LogP contribution in [0.3, 0.4) is 0 Å². The van der Waals surface area contributed by atoms with Crippen LogP contribution in [0.4, 0.5) is 4.39 Å². The van der Waals surface area contributed by atoms with Gasteiger partial charge >= 0.3 is 11.9 Å². The van der Waals surface area contributed by atoms with Crippen LogP contribution in [0.15, 0.2) is 24.3 Å². The van der Waals surface area contributed by atoms with Crippen molar-refractivity contribution in [3.05, 3.63) is 35.6 Å². The van der Waals surface area contributed by atoms with E-state index in [1.165, 1.54) is 25.3 Å². The van der Waals surface area contributed by atoms with Gasteiger partial charge in [-0.25, -0.2) is 4.39 Å². The van der Waals surface area contributed by atoms with E-state index in [4.69, 9.17) is 9.47 Å². The molecule has 0 spiro atoms. The summed E-state index contributed by atoms with van der Waals surface area (Å²) in [5, 5.41) is 9.50. The third kappa shape index (κ3) is 2.96. The number of hydrogen-bond acceptors (Lipinski definition) is 4. The fraction of sp³-hybridized carbons (Fsp3) is 0.429. The van der Waals surface area contributed by atoms with Gasteiger partial charge in [-0.3, -0.25) is 9.59 Å². The molecule has 0 aromatic heterocycles. The van der Waals surface area contributed by atoms with Gasteiger partial charge in [0, 0.05) is 25.7 Å². The second-order valence-electron chi connectivity index (χ2n) is 4.15.